The lowest BCUT2D eigenvalue weighted by molar-refractivity contribution is -0.113. The molecule has 0 unspecified atom stereocenters. The van der Waals surface area contributed by atoms with Crippen LogP contribution >= 0.6 is 35.0 Å². The first-order valence-electron chi connectivity index (χ1n) is 9.21. The molecule has 0 saturated carbocycles. The third kappa shape index (κ3) is 6.58. The van der Waals surface area contributed by atoms with E-state index in [-0.39, 0.29) is 24.1 Å². The Morgan fingerprint density at radius 3 is 2.32 bits per heavy atom. The maximum absolute atomic E-state index is 12.3. The number of allylic oxidation sites excluding steroid dienone is 1. The minimum absolute atomic E-state index is 0.148. The monoisotopic (exact) mass is 475 g/mol. The molecule has 3 rings (SSSR count). The van der Waals surface area contributed by atoms with Crippen LogP contribution < -0.4 is 10.6 Å². The third-order valence-corrected chi connectivity index (χ3v) is 5.55. The maximum atomic E-state index is 12.3. The Kier molecular flexibility index (Phi) is 8.11. The third-order valence-electron chi connectivity index (χ3n) is 4.08. The van der Waals surface area contributed by atoms with Crippen molar-refractivity contribution in [1.29, 1.82) is 0 Å². The summed E-state index contributed by atoms with van der Waals surface area (Å²) in [5, 5.41) is 15.6. The Morgan fingerprint density at radius 1 is 1.03 bits per heavy atom. The molecule has 31 heavy (non-hydrogen) atoms. The molecule has 2 amide bonds. The van der Waals surface area contributed by atoms with Gasteiger partial charge in [-0.05, 0) is 48.5 Å². The summed E-state index contributed by atoms with van der Waals surface area (Å²) in [7, 11) is 0. The first-order valence-corrected chi connectivity index (χ1v) is 11.0. The van der Waals surface area contributed by atoms with Gasteiger partial charge in [-0.1, -0.05) is 41.0 Å². The zero-order valence-corrected chi connectivity index (χ0v) is 18.7. The lowest BCUT2D eigenvalue weighted by atomic mass is 10.2. The highest BCUT2D eigenvalue weighted by Crippen LogP contribution is 2.19. The molecule has 3 aromatic rings. The quantitative estimate of drug-likeness (QED) is 0.352. The molecule has 1 aromatic heterocycles. The normalized spacial score (nSPS) is 10.5. The van der Waals surface area contributed by atoms with Gasteiger partial charge in [0.2, 0.25) is 5.91 Å². The van der Waals surface area contributed by atoms with Gasteiger partial charge in [-0.25, -0.2) is 0 Å². The Labute approximate surface area is 193 Å². The van der Waals surface area contributed by atoms with Gasteiger partial charge < -0.3 is 15.2 Å². The largest absolute Gasteiger partial charge is 0.345 e. The second-order valence-electron chi connectivity index (χ2n) is 6.33. The van der Waals surface area contributed by atoms with E-state index < -0.39 is 0 Å². The molecule has 10 heteroatoms. The van der Waals surface area contributed by atoms with Crippen molar-refractivity contribution in [3.05, 3.63) is 82.6 Å². The van der Waals surface area contributed by atoms with Gasteiger partial charge in [0, 0.05) is 27.8 Å². The molecular formula is C21H19Cl2N5O2S. The van der Waals surface area contributed by atoms with Crippen LogP contribution in [0.1, 0.15) is 16.2 Å². The zero-order chi connectivity index (χ0) is 22.2. The Balaban J connectivity index is 1.59. The van der Waals surface area contributed by atoms with Gasteiger partial charge in [-0.2, -0.15) is 0 Å². The summed E-state index contributed by atoms with van der Waals surface area (Å²) in [6.07, 6.45) is 1.70. The van der Waals surface area contributed by atoms with Crippen molar-refractivity contribution in [1.82, 2.24) is 20.1 Å². The van der Waals surface area contributed by atoms with Crippen LogP contribution in [0.3, 0.4) is 0 Å². The molecule has 2 aromatic carbocycles. The number of thioether (sulfide) groups is 1. The molecule has 0 aliphatic rings. The fourth-order valence-electron chi connectivity index (χ4n) is 2.59. The number of carbonyl (C=O) groups excluding carboxylic acids is 2. The first kappa shape index (κ1) is 22.9. The summed E-state index contributed by atoms with van der Waals surface area (Å²) >= 11 is 12.9. The van der Waals surface area contributed by atoms with E-state index in [1.54, 1.807) is 59.2 Å². The van der Waals surface area contributed by atoms with Crippen molar-refractivity contribution in [2.75, 3.05) is 11.1 Å². The molecule has 0 aliphatic carbocycles. The van der Waals surface area contributed by atoms with E-state index >= 15 is 0 Å². The van der Waals surface area contributed by atoms with Crippen molar-refractivity contribution >= 4 is 52.5 Å². The predicted octanol–water partition coefficient (Wildman–Crippen LogP) is 4.43. The molecule has 0 fully saturated rings. The van der Waals surface area contributed by atoms with Gasteiger partial charge >= 0.3 is 0 Å². The van der Waals surface area contributed by atoms with Crippen molar-refractivity contribution < 1.29 is 9.59 Å². The summed E-state index contributed by atoms with van der Waals surface area (Å²) in [6.45, 7) is 4.38. The van der Waals surface area contributed by atoms with E-state index in [0.717, 1.165) is 0 Å². The zero-order valence-electron chi connectivity index (χ0n) is 16.3. The van der Waals surface area contributed by atoms with Gasteiger partial charge in [0.05, 0.1) is 12.3 Å². The van der Waals surface area contributed by atoms with Crippen LogP contribution in [0.25, 0.3) is 0 Å². The van der Waals surface area contributed by atoms with E-state index in [1.807, 2.05) is 0 Å². The van der Waals surface area contributed by atoms with E-state index in [2.05, 4.69) is 27.4 Å². The van der Waals surface area contributed by atoms with Crippen molar-refractivity contribution in [2.24, 2.45) is 0 Å². The molecular weight excluding hydrogens is 457 g/mol. The second-order valence-corrected chi connectivity index (χ2v) is 8.15. The standard InChI is InChI=1S/C21H19Cl2N5O2S/c1-2-11-28-18(12-24-20(30)14-3-5-15(22)6-4-14)26-27-21(28)31-13-19(29)25-17-9-7-16(23)8-10-17/h2-10H,1,11-13H2,(H,24,30)(H,25,29). The summed E-state index contributed by atoms with van der Waals surface area (Å²) in [5.41, 5.74) is 1.15. The van der Waals surface area contributed by atoms with Crippen LogP contribution in [0.2, 0.25) is 10.0 Å². The highest BCUT2D eigenvalue weighted by atomic mass is 35.5. The number of benzene rings is 2. The number of halogens is 2. The number of nitrogens with one attached hydrogen (secondary N) is 2. The van der Waals surface area contributed by atoms with Crippen LogP contribution in [0.15, 0.2) is 66.3 Å². The van der Waals surface area contributed by atoms with Crippen LogP contribution in [0.5, 0.6) is 0 Å². The van der Waals surface area contributed by atoms with Gasteiger partial charge in [0.1, 0.15) is 0 Å². The fraction of sp³-hybridized carbons (Fsp3) is 0.143. The molecule has 1 heterocycles. The predicted molar refractivity (Wildman–Crippen MR) is 124 cm³/mol. The van der Waals surface area contributed by atoms with Gasteiger partial charge in [0.15, 0.2) is 11.0 Å². The van der Waals surface area contributed by atoms with E-state index in [1.165, 1.54) is 11.8 Å². The number of anilines is 1. The Morgan fingerprint density at radius 2 is 1.68 bits per heavy atom. The summed E-state index contributed by atoms with van der Waals surface area (Å²) < 4.78 is 1.80. The lowest BCUT2D eigenvalue weighted by Crippen LogP contribution is -2.24. The van der Waals surface area contributed by atoms with Crippen molar-refractivity contribution in [3.63, 3.8) is 0 Å². The number of hydrogen-bond acceptors (Lipinski definition) is 5. The molecule has 2 N–H and O–H groups in total. The number of nitrogens with zero attached hydrogens (tertiary/aromatic N) is 3. The summed E-state index contributed by atoms with van der Waals surface area (Å²) in [4.78, 5) is 24.6. The molecule has 7 nitrogen and oxygen atoms in total. The Bertz CT molecular complexity index is 1070. The van der Waals surface area contributed by atoms with Crippen LogP contribution in [0.4, 0.5) is 5.69 Å². The van der Waals surface area contributed by atoms with Crippen molar-refractivity contribution in [3.8, 4) is 0 Å². The van der Waals surface area contributed by atoms with Crippen LogP contribution in [0, 0.1) is 0 Å². The van der Waals surface area contributed by atoms with Crippen molar-refractivity contribution in [2.45, 2.75) is 18.2 Å². The highest BCUT2D eigenvalue weighted by molar-refractivity contribution is 7.99. The average molecular weight is 476 g/mol. The number of aromatic nitrogens is 3. The molecule has 0 spiro atoms. The second kappa shape index (κ2) is 11.0. The molecule has 160 valence electrons. The van der Waals surface area contributed by atoms with E-state index in [4.69, 9.17) is 23.2 Å². The highest BCUT2D eigenvalue weighted by Gasteiger charge is 2.15. The molecule has 0 atom stereocenters. The fourth-order valence-corrected chi connectivity index (χ4v) is 3.61. The molecule has 0 aliphatic heterocycles. The van der Waals surface area contributed by atoms with Gasteiger partial charge in [0.25, 0.3) is 5.91 Å². The summed E-state index contributed by atoms with van der Waals surface area (Å²) in [6, 6.07) is 13.5. The minimum atomic E-state index is -0.249. The molecule has 0 bridgehead atoms. The summed E-state index contributed by atoms with van der Waals surface area (Å²) in [5.74, 6) is 0.275. The first-order chi connectivity index (χ1) is 15.0. The number of carbonyl (C=O) groups is 2. The maximum Gasteiger partial charge on any atom is 0.251 e. The van der Waals surface area contributed by atoms with E-state index in [0.29, 0.717) is 38.8 Å². The van der Waals surface area contributed by atoms with Gasteiger partial charge in [-0.15, -0.1) is 16.8 Å². The molecule has 0 saturated heterocycles. The average Bonchev–Trinajstić information content (AvgIpc) is 3.14. The van der Waals surface area contributed by atoms with E-state index in [9.17, 15) is 9.59 Å². The Hall–Kier alpha value is -2.81. The minimum Gasteiger partial charge on any atom is -0.345 e. The topological polar surface area (TPSA) is 88.9 Å². The number of rotatable bonds is 9. The van der Waals surface area contributed by atoms with Crippen LogP contribution in [-0.2, 0) is 17.9 Å². The van der Waals surface area contributed by atoms with Gasteiger partial charge in [-0.3, -0.25) is 9.59 Å². The SMILES string of the molecule is C=CCn1c(CNC(=O)c2ccc(Cl)cc2)nnc1SCC(=O)Nc1ccc(Cl)cc1. The number of amides is 2. The number of hydrogen-bond donors (Lipinski definition) is 2. The smallest absolute Gasteiger partial charge is 0.251 e. The van der Waals surface area contributed by atoms with Crippen LogP contribution in [-0.4, -0.2) is 32.3 Å². The lowest BCUT2D eigenvalue weighted by Gasteiger charge is -2.09. The molecule has 0 radical (unpaired) electrons.